The average Bonchev–Trinajstić information content (AvgIpc) is 2.45. The minimum atomic E-state index is -4.34. The summed E-state index contributed by atoms with van der Waals surface area (Å²) < 4.78 is 42.5. The van der Waals surface area contributed by atoms with Gasteiger partial charge in [0, 0.05) is 0 Å². The number of ether oxygens (including phenoxy) is 1. The van der Waals surface area contributed by atoms with Crippen molar-refractivity contribution in [3.8, 4) is 11.8 Å². The largest absolute Gasteiger partial charge is 0.489 e. The summed E-state index contributed by atoms with van der Waals surface area (Å²) in [6.45, 7) is 0.233. The van der Waals surface area contributed by atoms with Crippen molar-refractivity contribution in [1.29, 1.82) is 5.26 Å². The van der Waals surface area contributed by atoms with Crippen LogP contribution in [0.5, 0.6) is 5.75 Å². The van der Waals surface area contributed by atoms with Gasteiger partial charge in [-0.2, -0.15) is 18.4 Å². The Morgan fingerprint density at radius 2 is 1.55 bits per heavy atom. The number of alkyl halides is 3. The molecule has 0 bridgehead atoms. The molecule has 0 saturated carbocycles. The van der Waals surface area contributed by atoms with Gasteiger partial charge in [0.05, 0.1) is 17.2 Å². The van der Waals surface area contributed by atoms with Crippen LogP contribution in [0.25, 0.3) is 0 Å². The molecule has 0 aliphatic heterocycles. The van der Waals surface area contributed by atoms with Crippen LogP contribution in [0.1, 0.15) is 16.7 Å². The van der Waals surface area contributed by atoms with Gasteiger partial charge in [-0.05, 0) is 42.0 Å². The fourth-order valence-electron chi connectivity index (χ4n) is 1.58. The molecule has 0 aromatic heterocycles. The lowest BCUT2D eigenvalue weighted by Gasteiger charge is -2.09. The predicted molar refractivity (Wildman–Crippen MR) is 66.9 cm³/mol. The van der Waals surface area contributed by atoms with Gasteiger partial charge < -0.3 is 4.74 Å². The molecule has 0 aliphatic rings. The molecule has 0 radical (unpaired) electrons. The zero-order valence-corrected chi connectivity index (χ0v) is 10.3. The molecule has 0 spiro atoms. The van der Waals surface area contributed by atoms with Gasteiger partial charge >= 0.3 is 6.18 Å². The zero-order chi connectivity index (χ0) is 14.6. The van der Waals surface area contributed by atoms with Crippen molar-refractivity contribution in [3.63, 3.8) is 0 Å². The second-order valence-corrected chi connectivity index (χ2v) is 4.12. The van der Waals surface area contributed by atoms with Crippen LogP contribution in [0, 0.1) is 11.3 Å². The van der Waals surface area contributed by atoms with Gasteiger partial charge in [0.25, 0.3) is 0 Å². The van der Waals surface area contributed by atoms with Gasteiger partial charge in [0.2, 0.25) is 0 Å². The topological polar surface area (TPSA) is 33.0 Å². The highest BCUT2D eigenvalue weighted by molar-refractivity contribution is 5.32. The van der Waals surface area contributed by atoms with E-state index in [0.29, 0.717) is 11.3 Å². The summed E-state index contributed by atoms with van der Waals surface area (Å²) in [7, 11) is 0. The van der Waals surface area contributed by atoms with E-state index < -0.39 is 11.7 Å². The zero-order valence-electron chi connectivity index (χ0n) is 10.3. The number of halogens is 3. The Morgan fingerprint density at radius 1 is 0.950 bits per heavy atom. The predicted octanol–water partition coefficient (Wildman–Crippen LogP) is 4.16. The van der Waals surface area contributed by atoms with Gasteiger partial charge in [-0.1, -0.05) is 12.1 Å². The van der Waals surface area contributed by atoms with Crippen LogP contribution in [0.3, 0.4) is 0 Å². The van der Waals surface area contributed by atoms with Crippen molar-refractivity contribution in [2.45, 2.75) is 12.8 Å². The Morgan fingerprint density at radius 3 is 2.05 bits per heavy atom. The Balaban J connectivity index is 1.98. The molecule has 2 nitrogen and oxygen atoms in total. The summed E-state index contributed by atoms with van der Waals surface area (Å²) in [5.74, 6) is 0.363. The van der Waals surface area contributed by atoms with Gasteiger partial charge in [-0.25, -0.2) is 0 Å². The molecule has 0 N–H and O–H groups in total. The first-order chi connectivity index (χ1) is 9.49. The van der Waals surface area contributed by atoms with Crippen molar-refractivity contribution >= 4 is 0 Å². The van der Waals surface area contributed by atoms with E-state index in [-0.39, 0.29) is 6.61 Å². The highest BCUT2D eigenvalue weighted by Gasteiger charge is 2.29. The normalized spacial score (nSPS) is 10.9. The molecule has 0 aliphatic carbocycles. The molecule has 0 saturated heterocycles. The Kier molecular flexibility index (Phi) is 3.94. The van der Waals surface area contributed by atoms with E-state index in [0.717, 1.165) is 17.7 Å². The molecule has 2 rings (SSSR count). The van der Waals surface area contributed by atoms with Crippen LogP contribution >= 0.6 is 0 Å². The summed E-state index contributed by atoms with van der Waals surface area (Å²) in [5, 5.41) is 8.65. The van der Waals surface area contributed by atoms with Crippen molar-refractivity contribution in [2.75, 3.05) is 0 Å². The average molecular weight is 277 g/mol. The molecular formula is C15H10F3NO. The molecule has 0 amide bonds. The standard InChI is InChI=1S/C15H10F3NO/c16-15(17,18)13-5-7-14(8-6-13)20-10-12-3-1-11(9-19)2-4-12/h1-8H,10H2. The van der Waals surface area contributed by atoms with E-state index in [9.17, 15) is 13.2 Å². The number of hydrogen-bond donors (Lipinski definition) is 0. The van der Waals surface area contributed by atoms with Crippen LogP contribution in [-0.4, -0.2) is 0 Å². The quantitative estimate of drug-likeness (QED) is 0.844. The number of rotatable bonds is 3. The minimum absolute atomic E-state index is 0.233. The van der Waals surface area contributed by atoms with Gasteiger partial charge in [0.15, 0.2) is 0 Å². The Labute approximate surface area is 114 Å². The number of hydrogen-bond acceptors (Lipinski definition) is 2. The molecular weight excluding hydrogens is 267 g/mol. The Hall–Kier alpha value is -2.48. The van der Waals surface area contributed by atoms with Gasteiger partial charge in [-0.3, -0.25) is 0 Å². The van der Waals surface area contributed by atoms with Crippen LogP contribution in [0.15, 0.2) is 48.5 Å². The van der Waals surface area contributed by atoms with E-state index in [2.05, 4.69) is 0 Å². The maximum atomic E-state index is 12.4. The maximum Gasteiger partial charge on any atom is 0.416 e. The first kappa shape index (κ1) is 13.9. The number of nitriles is 1. The molecule has 5 heteroatoms. The number of benzene rings is 2. The molecule has 20 heavy (non-hydrogen) atoms. The highest BCUT2D eigenvalue weighted by Crippen LogP contribution is 2.30. The van der Waals surface area contributed by atoms with Crippen LogP contribution in [-0.2, 0) is 12.8 Å². The third-order valence-corrected chi connectivity index (χ3v) is 2.67. The molecule has 2 aromatic rings. The fraction of sp³-hybridized carbons (Fsp3) is 0.133. The monoisotopic (exact) mass is 277 g/mol. The van der Waals surface area contributed by atoms with E-state index >= 15 is 0 Å². The lowest BCUT2D eigenvalue weighted by Crippen LogP contribution is -2.04. The van der Waals surface area contributed by atoms with E-state index in [4.69, 9.17) is 10.00 Å². The molecule has 2 aromatic carbocycles. The van der Waals surface area contributed by atoms with Crippen molar-refractivity contribution in [3.05, 3.63) is 65.2 Å². The fourth-order valence-corrected chi connectivity index (χ4v) is 1.58. The third-order valence-electron chi connectivity index (χ3n) is 2.67. The minimum Gasteiger partial charge on any atom is -0.489 e. The smallest absolute Gasteiger partial charge is 0.416 e. The summed E-state index contributed by atoms with van der Waals surface area (Å²) in [5.41, 5.74) is 0.676. The summed E-state index contributed by atoms with van der Waals surface area (Å²) in [4.78, 5) is 0. The highest BCUT2D eigenvalue weighted by atomic mass is 19.4. The second-order valence-electron chi connectivity index (χ2n) is 4.12. The van der Waals surface area contributed by atoms with E-state index in [1.165, 1.54) is 12.1 Å². The van der Waals surface area contributed by atoms with Crippen molar-refractivity contribution in [1.82, 2.24) is 0 Å². The van der Waals surface area contributed by atoms with E-state index in [1.54, 1.807) is 24.3 Å². The molecule has 102 valence electrons. The van der Waals surface area contributed by atoms with Crippen LogP contribution in [0.2, 0.25) is 0 Å². The van der Waals surface area contributed by atoms with E-state index in [1.807, 2.05) is 6.07 Å². The second kappa shape index (κ2) is 5.66. The Bertz CT molecular complexity index is 610. The summed E-state index contributed by atoms with van der Waals surface area (Å²) in [6.07, 6.45) is -4.34. The lowest BCUT2D eigenvalue weighted by molar-refractivity contribution is -0.137. The third kappa shape index (κ3) is 3.51. The van der Waals surface area contributed by atoms with Crippen molar-refractivity contribution < 1.29 is 17.9 Å². The maximum absolute atomic E-state index is 12.4. The molecule has 0 unspecified atom stereocenters. The van der Waals surface area contributed by atoms with Gasteiger partial charge in [0.1, 0.15) is 12.4 Å². The molecule has 0 fully saturated rings. The van der Waals surface area contributed by atoms with Crippen LogP contribution in [0.4, 0.5) is 13.2 Å². The van der Waals surface area contributed by atoms with Gasteiger partial charge in [-0.15, -0.1) is 0 Å². The summed E-state index contributed by atoms with van der Waals surface area (Å²) >= 11 is 0. The summed E-state index contributed by atoms with van der Waals surface area (Å²) in [6, 6.07) is 13.3. The SMILES string of the molecule is N#Cc1ccc(COc2ccc(C(F)(F)F)cc2)cc1. The molecule has 0 heterocycles. The molecule has 0 atom stereocenters. The van der Waals surface area contributed by atoms with Crippen molar-refractivity contribution in [2.24, 2.45) is 0 Å². The first-order valence-corrected chi connectivity index (χ1v) is 5.78. The number of nitrogens with zero attached hydrogens (tertiary/aromatic N) is 1. The van der Waals surface area contributed by atoms with Crippen LogP contribution < -0.4 is 4.74 Å². The first-order valence-electron chi connectivity index (χ1n) is 5.78. The lowest BCUT2D eigenvalue weighted by atomic mass is 10.1.